The first-order valence-corrected chi connectivity index (χ1v) is 7.95. The molecule has 0 spiro atoms. The first-order chi connectivity index (χ1) is 12.0. The Bertz CT molecular complexity index is 971. The molecule has 5 nitrogen and oxygen atoms in total. The molecule has 1 aromatic heterocycles. The number of ether oxygens (including phenoxy) is 2. The lowest BCUT2D eigenvalue weighted by atomic mass is 10.0. The summed E-state index contributed by atoms with van der Waals surface area (Å²) in [6, 6.07) is 12.5. The molecule has 25 heavy (non-hydrogen) atoms. The van der Waals surface area contributed by atoms with E-state index in [0.717, 1.165) is 5.56 Å². The average molecular weight is 338 g/mol. The molecule has 0 unspecified atom stereocenters. The standard InChI is InChI=1S/C20H18O5/c1-12(2)24-20(22)25-15-9-13(3)18-17(10-15)23-11-16(19(18)21)14-7-5-4-6-8-14/h4-12H,1-3H3. The van der Waals surface area contributed by atoms with Crippen LogP contribution in [0.5, 0.6) is 5.75 Å². The van der Waals surface area contributed by atoms with Crippen LogP contribution in [-0.2, 0) is 4.74 Å². The summed E-state index contributed by atoms with van der Waals surface area (Å²) < 4.78 is 15.7. The van der Waals surface area contributed by atoms with E-state index in [1.165, 1.54) is 12.3 Å². The summed E-state index contributed by atoms with van der Waals surface area (Å²) in [5.74, 6) is 0.270. The minimum atomic E-state index is -0.794. The fraction of sp³-hybridized carbons (Fsp3) is 0.200. The number of benzene rings is 2. The molecule has 0 amide bonds. The molecule has 0 N–H and O–H groups in total. The highest BCUT2D eigenvalue weighted by Gasteiger charge is 2.15. The van der Waals surface area contributed by atoms with E-state index in [9.17, 15) is 9.59 Å². The lowest BCUT2D eigenvalue weighted by molar-refractivity contribution is 0.0729. The molecule has 2 aromatic carbocycles. The van der Waals surface area contributed by atoms with Crippen LogP contribution in [0.25, 0.3) is 22.1 Å². The topological polar surface area (TPSA) is 65.7 Å². The number of hydrogen-bond donors (Lipinski definition) is 0. The van der Waals surface area contributed by atoms with E-state index >= 15 is 0 Å². The molecule has 0 radical (unpaired) electrons. The third-order valence-electron chi connectivity index (χ3n) is 3.67. The summed E-state index contributed by atoms with van der Waals surface area (Å²) in [7, 11) is 0. The molecular formula is C20H18O5. The van der Waals surface area contributed by atoms with Crippen molar-refractivity contribution in [1.82, 2.24) is 0 Å². The average Bonchev–Trinajstić information content (AvgIpc) is 2.54. The number of fused-ring (bicyclic) bond motifs is 1. The number of carbonyl (C=O) groups is 1. The van der Waals surface area contributed by atoms with Gasteiger partial charge >= 0.3 is 6.16 Å². The van der Waals surface area contributed by atoms with Crippen molar-refractivity contribution in [2.45, 2.75) is 26.9 Å². The van der Waals surface area contributed by atoms with Gasteiger partial charge in [0.05, 0.1) is 17.1 Å². The summed E-state index contributed by atoms with van der Waals surface area (Å²) in [4.78, 5) is 24.5. The predicted molar refractivity (Wildman–Crippen MR) is 94.9 cm³/mol. The minimum Gasteiger partial charge on any atom is -0.463 e. The second-order valence-electron chi connectivity index (χ2n) is 5.98. The number of hydrogen-bond acceptors (Lipinski definition) is 5. The monoisotopic (exact) mass is 338 g/mol. The van der Waals surface area contributed by atoms with Gasteiger partial charge in [-0.05, 0) is 38.0 Å². The van der Waals surface area contributed by atoms with E-state index in [-0.39, 0.29) is 17.3 Å². The van der Waals surface area contributed by atoms with Crippen LogP contribution in [0.1, 0.15) is 19.4 Å². The fourth-order valence-electron chi connectivity index (χ4n) is 2.61. The van der Waals surface area contributed by atoms with Crippen molar-refractivity contribution in [3.8, 4) is 16.9 Å². The molecular weight excluding hydrogens is 320 g/mol. The summed E-state index contributed by atoms with van der Waals surface area (Å²) in [6.07, 6.45) is 0.354. The van der Waals surface area contributed by atoms with Crippen molar-refractivity contribution in [3.63, 3.8) is 0 Å². The Morgan fingerprint density at radius 2 is 1.84 bits per heavy atom. The van der Waals surface area contributed by atoms with Crippen molar-refractivity contribution in [2.24, 2.45) is 0 Å². The maximum absolute atomic E-state index is 12.8. The summed E-state index contributed by atoms with van der Waals surface area (Å²) in [5.41, 5.74) is 2.18. The van der Waals surface area contributed by atoms with E-state index < -0.39 is 6.16 Å². The van der Waals surface area contributed by atoms with E-state index in [1.807, 2.05) is 30.3 Å². The van der Waals surface area contributed by atoms with Crippen LogP contribution < -0.4 is 10.2 Å². The zero-order valence-corrected chi connectivity index (χ0v) is 14.2. The number of rotatable bonds is 3. The summed E-state index contributed by atoms with van der Waals surface area (Å²) in [5, 5.41) is 0.464. The second-order valence-corrected chi connectivity index (χ2v) is 5.98. The van der Waals surface area contributed by atoms with Crippen molar-refractivity contribution in [1.29, 1.82) is 0 Å². The molecule has 0 atom stereocenters. The fourth-order valence-corrected chi connectivity index (χ4v) is 2.61. The van der Waals surface area contributed by atoms with Crippen LogP contribution in [-0.4, -0.2) is 12.3 Å². The molecule has 3 aromatic rings. The number of carbonyl (C=O) groups excluding carboxylic acids is 1. The molecule has 0 bridgehead atoms. The molecule has 0 aliphatic rings. The minimum absolute atomic E-state index is 0.124. The Kier molecular flexibility index (Phi) is 4.57. The molecule has 0 aliphatic heterocycles. The van der Waals surface area contributed by atoms with Gasteiger partial charge in [-0.3, -0.25) is 4.79 Å². The predicted octanol–water partition coefficient (Wildman–Crippen LogP) is 4.69. The highest BCUT2D eigenvalue weighted by atomic mass is 16.7. The largest absolute Gasteiger partial charge is 0.514 e. The van der Waals surface area contributed by atoms with E-state index in [2.05, 4.69) is 0 Å². The van der Waals surface area contributed by atoms with E-state index in [0.29, 0.717) is 22.1 Å². The SMILES string of the molecule is Cc1cc(OC(=O)OC(C)C)cc2occ(-c3ccccc3)c(=O)c12. The van der Waals surface area contributed by atoms with Gasteiger partial charge in [-0.25, -0.2) is 4.79 Å². The zero-order chi connectivity index (χ0) is 18.0. The lowest BCUT2D eigenvalue weighted by Crippen LogP contribution is -2.15. The molecule has 5 heteroatoms. The second kappa shape index (κ2) is 6.81. The molecule has 0 saturated carbocycles. The van der Waals surface area contributed by atoms with Gasteiger partial charge < -0.3 is 13.9 Å². The Morgan fingerprint density at radius 1 is 1.12 bits per heavy atom. The molecule has 0 aliphatic carbocycles. The highest BCUT2D eigenvalue weighted by Crippen LogP contribution is 2.26. The van der Waals surface area contributed by atoms with Gasteiger partial charge in [-0.2, -0.15) is 0 Å². The van der Waals surface area contributed by atoms with Crippen LogP contribution in [0.4, 0.5) is 4.79 Å². The highest BCUT2D eigenvalue weighted by molar-refractivity contribution is 5.86. The van der Waals surface area contributed by atoms with Gasteiger partial charge in [0.15, 0.2) is 0 Å². The third kappa shape index (κ3) is 3.55. The zero-order valence-electron chi connectivity index (χ0n) is 14.2. The Morgan fingerprint density at radius 3 is 2.52 bits per heavy atom. The van der Waals surface area contributed by atoms with Crippen LogP contribution >= 0.6 is 0 Å². The summed E-state index contributed by atoms with van der Waals surface area (Å²) in [6.45, 7) is 5.24. The van der Waals surface area contributed by atoms with Gasteiger partial charge in [-0.1, -0.05) is 30.3 Å². The maximum atomic E-state index is 12.8. The van der Waals surface area contributed by atoms with Crippen LogP contribution in [0, 0.1) is 6.92 Å². The van der Waals surface area contributed by atoms with Crippen LogP contribution in [0.2, 0.25) is 0 Å². The van der Waals surface area contributed by atoms with E-state index in [4.69, 9.17) is 13.9 Å². The summed E-state index contributed by atoms with van der Waals surface area (Å²) >= 11 is 0. The van der Waals surface area contributed by atoms with Crippen molar-refractivity contribution in [2.75, 3.05) is 0 Å². The smallest absolute Gasteiger partial charge is 0.463 e. The Balaban J connectivity index is 2.04. The van der Waals surface area contributed by atoms with Gasteiger partial charge in [0.2, 0.25) is 5.43 Å². The molecule has 0 fully saturated rings. The van der Waals surface area contributed by atoms with Crippen molar-refractivity contribution < 1.29 is 18.7 Å². The van der Waals surface area contributed by atoms with E-state index in [1.54, 1.807) is 26.8 Å². The van der Waals surface area contributed by atoms with Gasteiger partial charge in [0.25, 0.3) is 0 Å². The normalized spacial score (nSPS) is 10.9. The van der Waals surface area contributed by atoms with Gasteiger partial charge in [0.1, 0.15) is 17.6 Å². The lowest BCUT2D eigenvalue weighted by Gasteiger charge is -2.10. The van der Waals surface area contributed by atoms with Gasteiger partial charge in [0, 0.05) is 6.07 Å². The van der Waals surface area contributed by atoms with Gasteiger partial charge in [-0.15, -0.1) is 0 Å². The molecule has 0 saturated heterocycles. The van der Waals surface area contributed by atoms with Crippen molar-refractivity contribution in [3.05, 3.63) is 64.5 Å². The molecule has 1 heterocycles. The quantitative estimate of drug-likeness (QED) is 0.512. The molecule has 128 valence electrons. The first kappa shape index (κ1) is 16.8. The number of aryl methyl sites for hydroxylation is 1. The van der Waals surface area contributed by atoms with Crippen molar-refractivity contribution >= 4 is 17.1 Å². The Hall–Kier alpha value is -3.08. The van der Waals surface area contributed by atoms with Crippen LogP contribution in [0.3, 0.4) is 0 Å². The first-order valence-electron chi connectivity index (χ1n) is 7.95. The maximum Gasteiger partial charge on any atom is 0.514 e. The molecule has 3 rings (SSSR count). The Labute approximate surface area is 144 Å². The third-order valence-corrected chi connectivity index (χ3v) is 3.67. The van der Waals surface area contributed by atoms with Crippen LogP contribution in [0.15, 0.2) is 57.9 Å².